The number of carbonyl (C=O) groups is 3. The number of hydrogen-bond donors (Lipinski definition) is 0. The summed E-state index contributed by atoms with van der Waals surface area (Å²) in [4.78, 5) is 40.8. The standard InChI is InChI=1S/C25H24BrIN2O6S/c1-2-34-20-12-17(11-19(26)23(20)35-15-16-3-5-18(27)6-4-16)13-21-24(31)29(25(32)36-21)14-22(30)28-7-9-33-10-8-28/h3-6,11-13H,2,7-10,14-15H2,1H3/b21-13+. The Labute approximate surface area is 235 Å². The van der Waals surface area contributed by atoms with Crippen LogP contribution in [0.15, 0.2) is 45.8 Å². The molecule has 0 saturated carbocycles. The van der Waals surface area contributed by atoms with E-state index in [-0.39, 0.29) is 17.4 Å². The largest absolute Gasteiger partial charge is 0.490 e. The van der Waals surface area contributed by atoms with Crippen molar-refractivity contribution in [2.45, 2.75) is 13.5 Å². The van der Waals surface area contributed by atoms with Crippen molar-refractivity contribution in [1.82, 2.24) is 9.80 Å². The lowest BCUT2D eigenvalue weighted by molar-refractivity contribution is -0.139. The zero-order valence-electron chi connectivity index (χ0n) is 19.5. The first-order chi connectivity index (χ1) is 17.4. The van der Waals surface area contributed by atoms with Crippen molar-refractivity contribution in [2.75, 3.05) is 39.5 Å². The van der Waals surface area contributed by atoms with Gasteiger partial charge >= 0.3 is 0 Å². The predicted octanol–water partition coefficient (Wildman–Crippen LogP) is 4.93. The quantitative estimate of drug-likeness (QED) is 0.288. The maximum Gasteiger partial charge on any atom is 0.294 e. The third-order valence-electron chi connectivity index (χ3n) is 5.46. The van der Waals surface area contributed by atoms with Gasteiger partial charge in [0, 0.05) is 16.7 Å². The molecule has 2 heterocycles. The first-order valence-corrected chi connectivity index (χ1v) is 14.0. The average Bonchev–Trinajstić information content (AvgIpc) is 3.12. The summed E-state index contributed by atoms with van der Waals surface area (Å²) in [5, 5.41) is -0.463. The molecule has 0 bridgehead atoms. The Morgan fingerprint density at radius 1 is 1.17 bits per heavy atom. The molecule has 3 amide bonds. The molecule has 0 aromatic heterocycles. The molecule has 0 spiro atoms. The van der Waals surface area contributed by atoms with Gasteiger partial charge in [-0.2, -0.15) is 0 Å². The number of morpholine rings is 1. The molecule has 8 nitrogen and oxygen atoms in total. The van der Waals surface area contributed by atoms with Crippen LogP contribution in [0.4, 0.5) is 4.79 Å². The van der Waals surface area contributed by atoms with Gasteiger partial charge in [-0.3, -0.25) is 19.3 Å². The second-order valence-electron chi connectivity index (χ2n) is 7.94. The molecule has 2 fully saturated rings. The van der Waals surface area contributed by atoms with Gasteiger partial charge in [-0.05, 0) is 98.7 Å². The van der Waals surface area contributed by atoms with Gasteiger partial charge in [0.25, 0.3) is 11.1 Å². The summed E-state index contributed by atoms with van der Waals surface area (Å²) in [5.74, 6) is 0.319. The fourth-order valence-electron chi connectivity index (χ4n) is 3.65. The normalized spacial score (nSPS) is 17.1. The first-order valence-electron chi connectivity index (χ1n) is 11.3. The molecule has 0 atom stereocenters. The van der Waals surface area contributed by atoms with E-state index in [9.17, 15) is 14.4 Å². The molecule has 0 N–H and O–H groups in total. The van der Waals surface area contributed by atoms with Crippen LogP contribution in [-0.2, 0) is 20.9 Å². The maximum atomic E-state index is 12.9. The van der Waals surface area contributed by atoms with Crippen molar-refractivity contribution in [3.05, 3.63) is 60.5 Å². The molecule has 0 aliphatic carbocycles. The lowest BCUT2D eigenvalue weighted by Gasteiger charge is -2.28. The number of thioether (sulfide) groups is 1. The van der Waals surface area contributed by atoms with Crippen LogP contribution in [0.3, 0.4) is 0 Å². The van der Waals surface area contributed by atoms with E-state index in [4.69, 9.17) is 14.2 Å². The van der Waals surface area contributed by atoms with Gasteiger partial charge in [0.1, 0.15) is 13.2 Å². The van der Waals surface area contributed by atoms with Gasteiger partial charge in [0.05, 0.1) is 29.2 Å². The van der Waals surface area contributed by atoms with E-state index in [1.807, 2.05) is 31.2 Å². The molecule has 2 aromatic rings. The van der Waals surface area contributed by atoms with Crippen molar-refractivity contribution in [3.63, 3.8) is 0 Å². The summed E-state index contributed by atoms with van der Waals surface area (Å²) in [5.41, 5.74) is 1.69. The summed E-state index contributed by atoms with van der Waals surface area (Å²) in [6, 6.07) is 11.6. The molecule has 190 valence electrons. The molecule has 2 saturated heterocycles. The number of rotatable bonds is 8. The maximum absolute atomic E-state index is 12.9. The monoisotopic (exact) mass is 686 g/mol. The number of amides is 3. The highest BCUT2D eigenvalue weighted by molar-refractivity contribution is 14.1. The zero-order chi connectivity index (χ0) is 25.7. The van der Waals surface area contributed by atoms with Crippen molar-refractivity contribution in [2.24, 2.45) is 0 Å². The molecule has 4 rings (SSSR count). The van der Waals surface area contributed by atoms with E-state index in [1.165, 1.54) is 0 Å². The second-order valence-corrected chi connectivity index (χ2v) is 11.0. The first kappa shape index (κ1) is 27.0. The van der Waals surface area contributed by atoms with Crippen LogP contribution in [0.2, 0.25) is 0 Å². The van der Waals surface area contributed by atoms with E-state index >= 15 is 0 Å². The summed E-state index contributed by atoms with van der Waals surface area (Å²) in [7, 11) is 0. The Balaban J connectivity index is 1.50. The number of hydrogen-bond acceptors (Lipinski definition) is 7. The number of benzene rings is 2. The number of imide groups is 1. The Bertz CT molecular complexity index is 1180. The van der Waals surface area contributed by atoms with Crippen LogP contribution in [0.1, 0.15) is 18.1 Å². The van der Waals surface area contributed by atoms with E-state index in [0.717, 1.165) is 25.8 Å². The lowest BCUT2D eigenvalue weighted by Crippen LogP contribution is -2.46. The molecular weight excluding hydrogens is 663 g/mol. The molecule has 11 heteroatoms. The highest BCUT2D eigenvalue weighted by Gasteiger charge is 2.37. The fraction of sp³-hybridized carbons (Fsp3) is 0.320. The third kappa shape index (κ3) is 6.61. The van der Waals surface area contributed by atoms with Crippen LogP contribution < -0.4 is 9.47 Å². The number of ether oxygens (including phenoxy) is 3. The highest BCUT2D eigenvalue weighted by Crippen LogP contribution is 2.39. The van der Waals surface area contributed by atoms with Crippen LogP contribution in [-0.4, -0.2) is 66.3 Å². The molecule has 0 unspecified atom stereocenters. The second kappa shape index (κ2) is 12.4. The van der Waals surface area contributed by atoms with Crippen molar-refractivity contribution in [3.8, 4) is 11.5 Å². The molecule has 36 heavy (non-hydrogen) atoms. The van der Waals surface area contributed by atoms with E-state index in [2.05, 4.69) is 38.5 Å². The number of carbonyl (C=O) groups excluding carboxylic acids is 3. The predicted molar refractivity (Wildman–Crippen MR) is 149 cm³/mol. The van der Waals surface area contributed by atoms with Gasteiger partial charge in [0.2, 0.25) is 5.91 Å². The topological polar surface area (TPSA) is 85.4 Å². The zero-order valence-corrected chi connectivity index (χ0v) is 24.1. The number of halogens is 2. The molecule has 2 aliphatic rings. The van der Waals surface area contributed by atoms with E-state index < -0.39 is 11.1 Å². The van der Waals surface area contributed by atoms with Crippen molar-refractivity contribution in [1.29, 1.82) is 0 Å². The summed E-state index contributed by atoms with van der Waals surface area (Å²) >= 11 is 6.63. The smallest absolute Gasteiger partial charge is 0.294 e. The minimum absolute atomic E-state index is 0.247. The number of nitrogens with zero attached hydrogens (tertiary/aromatic N) is 2. The molecular formula is C25H24BrIN2O6S. The van der Waals surface area contributed by atoms with Gasteiger partial charge in [-0.15, -0.1) is 0 Å². The Morgan fingerprint density at radius 2 is 1.89 bits per heavy atom. The summed E-state index contributed by atoms with van der Waals surface area (Å²) in [6.45, 7) is 4.21. The van der Waals surface area contributed by atoms with Gasteiger partial charge in [-0.25, -0.2) is 0 Å². The summed E-state index contributed by atoms with van der Waals surface area (Å²) < 4.78 is 18.9. The van der Waals surface area contributed by atoms with Crippen LogP contribution in [0.25, 0.3) is 6.08 Å². The molecule has 2 aromatic carbocycles. The van der Waals surface area contributed by atoms with Gasteiger partial charge in [0.15, 0.2) is 11.5 Å². The lowest BCUT2D eigenvalue weighted by atomic mass is 10.1. The van der Waals surface area contributed by atoms with E-state index in [1.54, 1.807) is 23.1 Å². The van der Waals surface area contributed by atoms with Crippen LogP contribution in [0.5, 0.6) is 11.5 Å². The minimum atomic E-state index is -0.486. The summed E-state index contributed by atoms with van der Waals surface area (Å²) in [6.07, 6.45) is 1.63. The van der Waals surface area contributed by atoms with Crippen molar-refractivity contribution >= 4 is 73.4 Å². The van der Waals surface area contributed by atoms with E-state index in [0.29, 0.717) is 61.1 Å². The highest BCUT2D eigenvalue weighted by atomic mass is 127. The Hall–Kier alpha value is -2.09. The third-order valence-corrected chi connectivity index (χ3v) is 7.67. The fourth-order valence-corrected chi connectivity index (χ4v) is 5.42. The minimum Gasteiger partial charge on any atom is -0.490 e. The van der Waals surface area contributed by atoms with Crippen LogP contribution in [0, 0.1) is 3.57 Å². The average molecular weight is 687 g/mol. The Morgan fingerprint density at radius 3 is 2.58 bits per heavy atom. The van der Waals surface area contributed by atoms with Gasteiger partial charge < -0.3 is 19.1 Å². The molecule has 2 aliphatic heterocycles. The van der Waals surface area contributed by atoms with Gasteiger partial charge in [-0.1, -0.05) is 12.1 Å². The molecule has 0 radical (unpaired) electrons. The SMILES string of the molecule is CCOc1cc(/C=C2/SC(=O)N(CC(=O)N3CCOCC3)C2=O)cc(Br)c1OCc1ccc(I)cc1. The van der Waals surface area contributed by atoms with Crippen molar-refractivity contribution < 1.29 is 28.6 Å². The Kier molecular flexibility index (Phi) is 9.31. The van der Waals surface area contributed by atoms with Crippen LogP contribution >= 0.6 is 50.3 Å².